The van der Waals surface area contributed by atoms with Gasteiger partial charge in [0.2, 0.25) is 17.7 Å². The Balaban J connectivity index is 5.45. The molecule has 7 N–H and O–H groups in total. The molecule has 0 radical (unpaired) electrons. The molecule has 0 aromatic carbocycles. The van der Waals surface area contributed by atoms with Crippen LogP contribution in [0.15, 0.2) is 0 Å². The van der Waals surface area contributed by atoms with Gasteiger partial charge in [0, 0.05) is 6.42 Å². The number of hydrogen-bond acceptors (Lipinski definition) is 8. The van der Waals surface area contributed by atoms with Crippen molar-refractivity contribution < 1.29 is 34.2 Å². The number of nitrogens with one attached hydrogen (secondary N) is 3. The predicted octanol–water partition coefficient (Wildman–Crippen LogP) is 0.270. The largest absolute Gasteiger partial charge is 0.481 e. The van der Waals surface area contributed by atoms with E-state index in [1.165, 1.54) is 23.5 Å². The topological polar surface area (TPSA) is 188 Å². The zero-order valence-corrected chi connectivity index (χ0v) is 21.8. The van der Waals surface area contributed by atoms with E-state index < -0.39 is 60.2 Å². The number of hydrogen-bond donors (Lipinski definition) is 6. The number of thioether (sulfide) groups is 2. The van der Waals surface area contributed by atoms with Crippen LogP contribution in [0, 0.1) is 5.92 Å². The summed E-state index contributed by atoms with van der Waals surface area (Å²) in [6.07, 6.45) is 4.19. The molecular weight excluding hydrogens is 484 g/mol. The van der Waals surface area contributed by atoms with Crippen LogP contribution in [-0.2, 0) is 24.0 Å². The third kappa shape index (κ3) is 12.5. The molecule has 0 spiro atoms. The Bertz CT molecular complexity index is 696. The number of carboxylic acid groups (broad SMARTS) is 2. The van der Waals surface area contributed by atoms with Gasteiger partial charge in [-0.05, 0) is 49.2 Å². The zero-order chi connectivity index (χ0) is 26.3. The van der Waals surface area contributed by atoms with Crippen molar-refractivity contribution in [3.63, 3.8) is 0 Å². The average molecular weight is 523 g/mol. The molecule has 11 nitrogen and oxygen atoms in total. The minimum Gasteiger partial charge on any atom is -0.481 e. The number of carbonyl (C=O) groups excluding carboxylic acids is 3. The summed E-state index contributed by atoms with van der Waals surface area (Å²) in [6.45, 7) is 3.75. The van der Waals surface area contributed by atoms with E-state index in [-0.39, 0.29) is 18.8 Å². The third-order valence-electron chi connectivity index (χ3n) is 5.31. The van der Waals surface area contributed by atoms with Crippen molar-refractivity contribution in [2.75, 3.05) is 24.0 Å². The van der Waals surface area contributed by atoms with Crippen molar-refractivity contribution in [3.05, 3.63) is 0 Å². The summed E-state index contributed by atoms with van der Waals surface area (Å²) in [5.41, 5.74) is 5.98. The Morgan fingerprint density at radius 2 is 1.24 bits per heavy atom. The molecule has 13 heteroatoms. The van der Waals surface area contributed by atoms with Crippen LogP contribution in [0.4, 0.5) is 0 Å². The van der Waals surface area contributed by atoms with Gasteiger partial charge in [-0.2, -0.15) is 23.5 Å². The van der Waals surface area contributed by atoms with Gasteiger partial charge in [0.15, 0.2) is 0 Å². The molecular formula is C21H38N4O7S2. The first kappa shape index (κ1) is 32.0. The molecule has 0 saturated carbocycles. The standard InChI is InChI=1S/C21H38N4O7S2/c1-5-12(2)17(22)20(30)24-14(9-11-34-4)18(28)23-13(8-10-33-3)19(29)25-15(21(31)32)6-7-16(26)27/h12-15,17H,5-11,22H2,1-4H3,(H,23,28)(H,24,30)(H,25,29)(H,26,27)(H,31,32). The number of carbonyl (C=O) groups is 5. The Morgan fingerprint density at radius 1 is 0.794 bits per heavy atom. The van der Waals surface area contributed by atoms with Crippen LogP contribution in [0.25, 0.3) is 0 Å². The number of carboxylic acids is 2. The lowest BCUT2D eigenvalue weighted by molar-refractivity contribution is -0.143. The molecule has 3 amide bonds. The second-order valence-electron chi connectivity index (χ2n) is 7.93. The molecule has 0 aliphatic carbocycles. The molecule has 0 aliphatic rings. The van der Waals surface area contributed by atoms with Crippen LogP contribution in [-0.4, -0.2) is 88.1 Å². The first-order chi connectivity index (χ1) is 16.0. The van der Waals surface area contributed by atoms with E-state index in [0.29, 0.717) is 24.3 Å². The Kier molecular flexibility index (Phi) is 16.4. The number of aliphatic carboxylic acids is 2. The van der Waals surface area contributed by atoms with E-state index in [1.807, 2.05) is 26.4 Å². The highest BCUT2D eigenvalue weighted by Crippen LogP contribution is 2.09. The molecule has 0 rings (SSSR count). The minimum absolute atomic E-state index is 0.0804. The number of nitrogens with two attached hydrogens (primary N) is 1. The molecule has 5 unspecified atom stereocenters. The van der Waals surface area contributed by atoms with Crippen molar-refractivity contribution in [1.82, 2.24) is 16.0 Å². The molecule has 0 aromatic rings. The van der Waals surface area contributed by atoms with Crippen molar-refractivity contribution in [3.8, 4) is 0 Å². The van der Waals surface area contributed by atoms with E-state index in [1.54, 1.807) is 0 Å². The van der Waals surface area contributed by atoms with Crippen LogP contribution in [0.3, 0.4) is 0 Å². The van der Waals surface area contributed by atoms with Gasteiger partial charge < -0.3 is 31.9 Å². The Labute approximate surface area is 209 Å². The Hall–Kier alpha value is -1.99. The van der Waals surface area contributed by atoms with Crippen LogP contribution >= 0.6 is 23.5 Å². The van der Waals surface area contributed by atoms with Gasteiger partial charge >= 0.3 is 11.9 Å². The summed E-state index contributed by atoms with van der Waals surface area (Å²) in [4.78, 5) is 60.5. The molecule has 0 fully saturated rings. The third-order valence-corrected chi connectivity index (χ3v) is 6.60. The fraction of sp³-hybridized carbons (Fsp3) is 0.762. The molecule has 0 aliphatic heterocycles. The van der Waals surface area contributed by atoms with Gasteiger partial charge in [-0.3, -0.25) is 19.2 Å². The monoisotopic (exact) mass is 522 g/mol. The molecule has 0 bridgehead atoms. The summed E-state index contributed by atoms with van der Waals surface area (Å²) in [6, 6.07) is -4.15. The molecule has 0 heterocycles. The highest BCUT2D eigenvalue weighted by atomic mass is 32.2. The SMILES string of the molecule is CCC(C)C(N)C(=O)NC(CCSC)C(=O)NC(CCSC)C(=O)NC(CCC(=O)O)C(=O)O. The fourth-order valence-electron chi connectivity index (χ4n) is 2.86. The van der Waals surface area contributed by atoms with Gasteiger partial charge in [-0.15, -0.1) is 0 Å². The van der Waals surface area contributed by atoms with Gasteiger partial charge in [0.05, 0.1) is 6.04 Å². The van der Waals surface area contributed by atoms with Crippen molar-refractivity contribution in [2.45, 2.75) is 70.1 Å². The van der Waals surface area contributed by atoms with Gasteiger partial charge in [0.25, 0.3) is 0 Å². The maximum atomic E-state index is 13.0. The molecule has 0 aromatic heterocycles. The van der Waals surface area contributed by atoms with Crippen molar-refractivity contribution in [2.24, 2.45) is 11.7 Å². The lowest BCUT2D eigenvalue weighted by atomic mass is 9.99. The molecule has 0 saturated heterocycles. The quantitative estimate of drug-likeness (QED) is 0.146. The maximum absolute atomic E-state index is 13.0. The van der Waals surface area contributed by atoms with Crippen molar-refractivity contribution >= 4 is 53.2 Å². The van der Waals surface area contributed by atoms with Gasteiger partial charge in [-0.1, -0.05) is 20.3 Å². The van der Waals surface area contributed by atoms with Crippen LogP contribution in [0.5, 0.6) is 0 Å². The summed E-state index contributed by atoms with van der Waals surface area (Å²) in [5, 5.41) is 25.7. The molecule has 5 atom stereocenters. The first-order valence-corrected chi connectivity index (χ1v) is 13.9. The van der Waals surface area contributed by atoms with E-state index >= 15 is 0 Å². The summed E-state index contributed by atoms with van der Waals surface area (Å²) in [5.74, 6) is -3.31. The Morgan fingerprint density at radius 3 is 1.62 bits per heavy atom. The number of amides is 3. The summed E-state index contributed by atoms with van der Waals surface area (Å²) < 4.78 is 0. The van der Waals surface area contributed by atoms with Crippen LogP contribution in [0.1, 0.15) is 46.0 Å². The summed E-state index contributed by atoms with van der Waals surface area (Å²) in [7, 11) is 0. The van der Waals surface area contributed by atoms with E-state index in [0.717, 1.165) is 0 Å². The smallest absolute Gasteiger partial charge is 0.326 e. The molecule has 196 valence electrons. The normalized spacial score (nSPS) is 15.3. The highest BCUT2D eigenvalue weighted by molar-refractivity contribution is 7.98. The van der Waals surface area contributed by atoms with Gasteiger partial charge in [-0.25, -0.2) is 4.79 Å². The van der Waals surface area contributed by atoms with Gasteiger partial charge in [0.1, 0.15) is 18.1 Å². The van der Waals surface area contributed by atoms with E-state index in [2.05, 4.69) is 16.0 Å². The average Bonchev–Trinajstić information content (AvgIpc) is 2.79. The van der Waals surface area contributed by atoms with Crippen LogP contribution < -0.4 is 21.7 Å². The minimum atomic E-state index is -1.40. The second kappa shape index (κ2) is 17.4. The lowest BCUT2D eigenvalue weighted by Crippen LogP contribution is -2.57. The summed E-state index contributed by atoms with van der Waals surface area (Å²) >= 11 is 2.94. The van der Waals surface area contributed by atoms with Crippen LogP contribution in [0.2, 0.25) is 0 Å². The molecule has 34 heavy (non-hydrogen) atoms. The fourth-order valence-corrected chi connectivity index (χ4v) is 3.80. The lowest BCUT2D eigenvalue weighted by Gasteiger charge is -2.26. The zero-order valence-electron chi connectivity index (χ0n) is 20.2. The van der Waals surface area contributed by atoms with Crippen molar-refractivity contribution in [1.29, 1.82) is 0 Å². The first-order valence-electron chi connectivity index (χ1n) is 11.1. The predicted molar refractivity (Wildman–Crippen MR) is 134 cm³/mol. The second-order valence-corrected chi connectivity index (χ2v) is 9.90. The number of rotatable bonds is 18. The van der Waals surface area contributed by atoms with E-state index in [9.17, 15) is 29.1 Å². The van der Waals surface area contributed by atoms with E-state index in [4.69, 9.17) is 10.8 Å². The maximum Gasteiger partial charge on any atom is 0.326 e. The highest BCUT2D eigenvalue weighted by Gasteiger charge is 2.30.